The van der Waals surface area contributed by atoms with Crippen molar-refractivity contribution in [1.82, 2.24) is 9.80 Å². The zero-order valence-electron chi connectivity index (χ0n) is 18.4. The third-order valence-electron chi connectivity index (χ3n) is 5.91. The quantitative estimate of drug-likeness (QED) is 0.482. The molecule has 0 atom stereocenters. The van der Waals surface area contributed by atoms with Crippen LogP contribution in [0, 0.1) is 5.92 Å². The topological polar surface area (TPSA) is 24.9 Å². The van der Waals surface area contributed by atoms with Gasteiger partial charge in [-0.15, -0.1) is 0 Å². The van der Waals surface area contributed by atoms with Crippen molar-refractivity contribution in [1.29, 1.82) is 0 Å². The summed E-state index contributed by atoms with van der Waals surface area (Å²) in [5.74, 6) is 0.742. The number of likely N-dealkylation sites (tertiary alicyclic amines) is 1. The molecule has 1 heterocycles. The molecule has 26 heavy (non-hydrogen) atoms. The molecule has 1 aliphatic heterocycles. The predicted molar refractivity (Wildman–Crippen MR) is 110 cm³/mol. The van der Waals surface area contributed by atoms with Crippen LogP contribution < -0.4 is 0 Å². The number of hydrogen-bond donors (Lipinski definition) is 0. The molecule has 4 heteroatoms. The van der Waals surface area contributed by atoms with Gasteiger partial charge in [0, 0.05) is 44.7 Å². The minimum absolute atomic E-state index is 0.0173. The molecule has 2 fully saturated rings. The average Bonchev–Trinajstić information content (AvgIpc) is 2.44. The first kappa shape index (κ1) is 22.1. The van der Waals surface area contributed by atoms with Gasteiger partial charge in [0.05, 0.1) is 17.8 Å². The van der Waals surface area contributed by atoms with Gasteiger partial charge in [0.25, 0.3) is 0 Å². The van der Waals surface area contributed by atoms with E-state index in [4.69, 9.17) is 9.47 Å². The molecule has 0 bridgehead atoms. The zero-order valence-corrected chi connectivity index (χ0v) is 18.4. The molecule has 1 aliphatic carbocycles. The van der Waals surface area contributed by atoms with Crippen molar-refractivity contribution < 1.29 is 9.47 Å². The monoisotopic (exact) mass is 368 g/mol. The van der Waals surface area contributed by atoms with Crippen molar-refractivity contribution in [3.63, 3.8) is 0 Å². The lowest BCUT2D eigenvalue weighted by Gasteiger charge is -2.41. The molecule has 0 amide bonds. The molecule has 2 aliphatic rings. The summed E-state index contributed by atoms with van der Waals surface area (Å²) in [7, 11) is 0. The molecule has 0 aromatic carbocycles. The summed E-state index contributed by atoms with van der Waals surface area (Å²) in [6.07, 6.45) is 6.39. The van der Waals surface area contributed by atoms with Crippen LogP contribution in [0.25, 0.3) is 0 Å². The number of nitrogens with zero attached hydrogens (tertiary/aromatic N) is 2. The third kappa shape index (κ3) is 7.84. The van der Waals surface area contributed by atoms with Gasteiger partial charge in [0.1, 0.15) is 0 Å². The molecule has 1 saturated carbocycles. The molecule has 0 N–H and O–H groups in total. The van der Waals surface area contributed by atoms with Gasteiger partial charge in [0.15, 0.2) is 0 Å². The second-order valence-corrected chi connectivity index (χ2v) is 9.97. The fraction of sp³-hybridized carbons (Fsp3) is 1.00. The van der Waals surface area contributed by atoms with Crippen LogP contribution in [0.15, 0.2) is 0 Å². The maximum atomic E-state index is 6.30. The Hall–Kier alpha value is -0.160. The Kier molecular flexibility index (Phi) is 8.39. The summed E-state index contributed by atoms with van der Waals surface area (Å²) in [6.45, 7) is 20.9. The van der Waals surface area contributed by atoms with Gasteiger partial charge in [-0.05, 0) is 66.8 Å². The number of rotatable bonds is 12. The van der Waals surface area contributed by atoms with E-state index in [0.29, 0.717) is 0 Å². The van der Waals surface area contributed by atoms with Crippen LogP contribution >= 0.6 is 0 Å². The fourth-order valence-electron chi connectivity index (χ4n) is 3.74. The summed E-state index contributed by atoms with van der Waals surface area (Å²) in [5, 5.41) is 0. The Morgan fingerprint density at radius 3 is 2.23 bits per heavy atom. The highest BCUT2D eigenvalue weighted by atomic mass is 16.5. The van der Waals surface area contributed by atoms with E-state index in [1.807, 2.05) is 0 Å². The molecule has 0 aromatic heterocycles. The van der Waals surface area contributed by atoms with E-state index in [-0.39, 0.29) is 11.2 Å². The van der Waals surface area contributed by atoms with E-state index in [1.54, 1.807) is 0 Å². The van der Waals surface area contributed by atoms with Crippen LogP contribution in [0.5, 0.6) is 0 Å². The van der Waals surface area contributed by atoms with E-state index in [0.717, 1.165) is 51.1 Å². The van der Waals surface area contributed by atoms with Crippen molar-refractivity contribution in [2.45, 2.75) is 90.9 Å². The molecule has 0 radical (unpaired) electrons. The van der Waals surface area contributed by atoms with Crippen molar-refractivity contribution in [2.75, 3.05) is 45.9 Å². The van der Waals surface area contributed by atoms with E-state index in [1.165, 1.54) is 38.9 Å². The second kappa shape index (κ2) is 9.86. The van der Waals surface area contributed by atoms with E-state index >= 15 is 0 Å². The Morgan fingerprint density at radius 2 is 1.69 bits per heavy atom. The van der Waals surface area contributed by atoms with Crippen LogP contribution in [0.4, 0.5) is 0 Å². The maximum absolute atomic E-state index is 6.30. The molecule has 1 saturated heterocycles. The first-order valence-electron chi connectivity index (χ1n) is 10.9. The lowest BCUT2D eigenvalue weighted by Crippen LogP contribution is -2.49. The van der Waals surface area contributed by atoms with Gasteiger partial charge >= 0.3 is 0 Å². The second-order valence-electron chi connectivity index (χ2n) is 9.97. The highest BCUT2D eigenvalue weighted by Gasteiger charge is 2.30. The predicted octanol–water partition coefficient (Wildman–Crippen LogP) is 4.18. The van der Waals surface area contributed by atoms with E-state index in [2.05, 4.69) is 51.3 Å². The Bertz CT molecular complexity index is 395. The molecule has 0 aromatic rings. The smallest absolute Gasteiger partial charge is 0.0638 e. The molecule has 0 unspecified atom stereocenters. The fourth-order valence-corrected chi connectivity index (χ4v) is 3.74. The van der Waals surface area contributed by atoms with Gasteiger partial charge in [-0.1, -0.05) is 13.3 Å². The summed E-state index contributed by atoms with van der Waals surface area (Å²) in [6, 6.07) is 0.796. The van der Waals surface area contributed by atoms with E-state index < -0.39 is 0 Å². The van der Waals surface area contributed by atoms with E-state index in [9.17, 15) is 0 Å². The van der Waals surface area contributed by atoms with Crippen LogP contribution in [0.3, 0.4) is 0 Å². The van der Waals surface area contributed by atoms with Gasteiger partial charge in [-0.3, -0.25) is 0 Å². The van der Waals surface area contributed by atoms with Gasteiger partial charge < -0.3 is 19.3 Å². The lowest BCUT2D eigenvalue weighted by molar-refractivity contribution is -0.0743. The number of hydrogen-bond acceptors (Lipinski definition) is 4. The zero-order chi connectivity index (χ0) is 19.2. The molecule has 0 spiro atoms. The average molecular weight is 369 g/mol. The van der Waals surface area contributed by atoms with Crippen molar-refractivity contribution in [3.05, 3.63) is 0 Å². The van der Waals surface area contributed by atoms with Crippen molar-refractivity contribution >= 4 is 0 Å². The van der Waals surface area contributed by atoms with Crippen LogP contribution in [-0.2, 0) is 9.47 Å². The summed E-state index contributed by atoms with van der Waals surface area (Å²) < 4.78 is 12.2. The molecule has 2 rings (SSSR count). The molecular weight excluding hydrogens is 324 g/mol. The Morgan fingerprint density at radius 1 is 1.00 bits per heavy atom. The van der Waals surface area contributed by atoms with Gasteiger partial charge in [-0.25, -0.2) is 0 Å². The minimum Gasteiger partial charge on any atom is -0.376 e. The number of ether oxygens (including phenoxy) is 2. The van der Waals surface area contributed by atoms with Crippen LogP contribution in [0.1, 0.15) is 73.6 Å². The highest BCUT2D eigenvalue weighted by Crippen LogP contribution is 2.27. The summed E-state index contributed by atoms with van der Waals surface area (Å²) in [5.41, 5.74) is -0.0391. The standard InChI is InChI=1S/C22H44N2O2/c1-7-23-16-19(17-23)18-26-22(5,6)12-14-24(20-10-8-11-20)13-9-15-25-21(2,3)4/h19-20H,7-18H2,1-6H3. The van der Waals surface area contributed by atoms with Gasteiger partial charge in [-0.2, -0.15) is 0 Å². The van der Waals surface area contributed by atoms with Crippen LogP contribution in [0.2, 0.25) is 0 Å². The lowest BCUT2D eigenvalue weighted by atomic mass is 9.90. The molecular formula is C22H44N2O2. The normalized spacial score (nSPS) is 20.4. The Balaban J connectivity index is 1.66. The summed E-state index contributed by atoms with van der Waals surface area (Å²) in [4.78, 5) is 5.18. The first-order valence-corrected chi connectivity index (χ1v) is 10.9. The van der Waals surface area contributed by atoms with Gasteiger partial charge in [0.2, 0.25) is 0 Å². The first-order chi connectivity index (χ1) is 12.2. The molecule has 154 valence electrons. The van der Waals surface area contributed by atoms with Crippen LogP contribution in [-0.4, -0.2) is 73.0 Å². The highest BCUT2D eigenvalue weighted by molar-refractivity contribution is 4.83. The summed E-state index contributed by atoms with van der Waals surface area (Å²) >= 11 is 0. The largest absolute Gasteiger partial charge is 0.376 e. The molecule has 4 nitrogen and oxygen atoms in total. The minimum atomic E-state index is -0.0218. The van der Waals surface area contributed by atoms with Crippen molar-refractivity contribution in [2.24, 2.45) is 5.92 Å². The maximum Gasteiger partial charge on any atom is 0.0638 e. The SMILES string of the molecule is CCN1CC(COC(C)(C)CCN(CCCOC(C)(C)C)C2CCC2)C1. The third-order valence-corrected chi connectivity index (χ3v) is 5.91. The van der Waals surface area contributed by atoms with Crippen molar-refractivity contribution in [3.8, 4) is 0 Å². The Labute approximate surface area is 162 Å².